The number of hydrogen-bond acceptors (Lipinski definition) is 30. The van der Waals surface area contributed by atoms with Crippen LogP contribution in [-0.4, -0.2) is 341 Å². The number of nitrogens with zero attached hydrogens (tertiary/aromatic N) is 23. The smallest absolute Gasteiger partial charge is 0.376 e. The Morgan fingerprint density at radius 3 is 1.13 bits per heavy atom. The number of carbonyl (C=O) groups excluding carboxylic acids is 1. The zero-order valence-corrected chi connectivity index (χ0v) is 91.1. The van der Waals surface area contributed by atoms with Gasteiger partial charge in [0.25, 0.3) is 6.47 Å². The van der Waals surface area contributed by atoms with E-state index in [1.165, 1.54) is 22.8 Å². The summed E-state index contributed by atoms with van der Waals surface area (Å²) < 4.78 is 7.20. The summed E-state index contributed by atoms with van der Waals surface area (Å²) in [5, 5.41) is 60.5. The largest absolute Gasteiger partial charge is 0.462 e. The minimum absolute atomic E-state index is 0.156. The van der Waals surface area contributed by atoms with Crippen LogP contribution >= 0.6 is 47.8 Å². The number of aliphatic hydroxyl groups excluding tert-OH is 1. The first-order valence-corrected chi connectivity index (χ1v) is 54.2. The van der Waals surface area contributed by atoms with Crippen molar-refractivity contribution in [3.05, 3.63) is 241 Å². The number of fused-ring (bicyclic) bond motifs is 6. The van der Waals surface area contributed by atoms with Gasteiger partial charge in [-0.25, -0.2) is 24.9 Å². The van der Waals surface area contributed by atoms with Crippen molar-refractivity contribution in [1.82, 2.24) is 90.0 Å². The molecule has 0 bridgehead atoms. The molecule has 0 aliphatic carbocycles. The number of nitrogens with one attached hydrogen (secondary N) is 3. The summed E-state index contributed by atoms with van der Waals surface area (Å²) in [4.78, 5) is 76.5. The minimum Gasteiger partial charge on any atom is -0.462 e. The van der Waals surface area contributed by atoms with Crippen LogP contribution in [0.5, 0.6) is 0 Å². The number of aliphatic hydroxyl groups is 1. The van der Waals surface area contributed by atoms with Gasteiger partial charge in [0.1, 0.15) is 49.3 Å². The van der Waals surface area contributed by atoms with Crippen molar-refractivity contribution in [2.24, 2.45) is 0 Å². The molecule has 9 aliphatic heterocycles. The SMILES string of the molecule is CB(O)N1CCN(c2cccc(CCN3CCN4[C@@H](C3)CN(c3ccc(C#N)c5ncccc35)C[C@H]4C)n2)C[C@@H]1C.CC(C)(C)OC=O.CCCc1cccc(Br)n1.C[C@@H]1CN(c2ccc(C#N)c3ncccc23)C[C@@H]2CN(CCc3cccc(Br)n3)CCN21.C[C@@H]1CN(c2ccc(C#N)c3ncccc23)C[C@@H]2CN(CCc3cccc(N4CCN[C@@H](C)C4)n3)CCN21.C[C@H]1CNCCN1.OCCc1cccc(Br)n1. The first-order chi connectivity index (χ1) is 70.2. The van der Waals surface area contributed by atoms with Crippen LogP contribution < -0.4 is 40.4 Å². The molecule has 17 heterocycles. The maximum Gasteiger partial charge on any atom is 0.376 e. The summed E-state index contributed by atoms with van der Waals surface area (Å²) in [7, 11) is -0.411. The molecule has 30 nitrogen and oxygen atoms in total. The lowest BCUT2D eigenvalue weighted by atomic mass is 9.82. The van der Waals surface area contributed by atoms with Crippen molar-refractivity contribution in [3.8, 4) is 18.2 Å². The second kappa shape index (κ2) is 54.5. The molecule has 768 valence electrons. The van der Waals surface area contributed by atoms with Crippen LogP contribution in [0.2, 0.25) is 6.82 Å². The first-order valence-electron chi connectivity index (χ1n) is 51.9. The maximum atomic E-state index is 10.0. The fraction of sp³-hybridized carbons (Fsp3) is 0.495. The van der Waals surface area contributed by atoms with E-state index in [1.54, 1.807) is 18.6 Å². The Hall–Kier alpha value is -10.4. The van der Waals surface area contributed by atoms with Crippen LogP contribution in [0.15, 0.2) is 196 Å². The van der Waals surface area contributed by atoms with Gasteiger partial charge in [-0.2, -0.15) is 15.8 Å². The number of rotatable bonds is 20. The molecule has 9 saturated heterocycles. The Kier molecular flexibility index (Phi) is 41.5. The molecule has 9 aliphatic rings. The summed E-state index contributed by atoms with van der Waals surface area (Å²) in [6.07, 6.45) is 11.1. The number of nitriles is 3. The van der Waals surface area contributed by atoms with E-state index in [0.29, 0.717) is 84.0 Å². The molecule has 8 aromatic heterocycles. The Bertz CT molecular complexity index is 6080. The van der Waals surface area contributed by atoms with Gasteiger partial charge in [-0.3, -0.25) is 34.4 Å². The van der Waals surface area contributed by atoms with Gasteiger partial charge in [-0.05, 0) is 257 Å². The normalized spacial score (nSPS) is 21.7. The van der Waals surface area contributed by atoms with E-state index in [-0.39, 0.29) is 12.2 Å². The third-order valence-electron chi connectivity index (χ3n) is 28.6. The average Bonchev–Trinajstić information content (AvgIpc) is 0.773. The van der Waals surface area contributed by atoms with Gasteiger partial charge in [0.2, 0.25) is 0 Å². The molecule has 3 aromatic carbocycles. The zero-order chi connectivity index (χ0) is 102. The van der Waals surface area contributed by atoms with E-state index in [4.69, 9.17) is 15.1 Å². The lowest BCUT2D eigenvalue weighted by molar-refractivity contribution is -0.138. The Balaban J connectivity index is 0.000000148. The lowest BCUT2D eigenvalue weighted by Crippen LogP contribution is -2.65. The highest BCUT2D eigenvalue weighted by atomic mass is 79.9. The van der Waals surface area contributed by atoms with Gasteiger partial charge in [-0.15, -0.1) is 0 Å². The number of piperazine rings is 9. The third-order valence-corrected chi connectivity index (χ3v) is 29.9. The Labute approximate surface area is 883 Å². The molecule has 0 amide bonds. The standard InChI is InChI=1S/C31H41BN8O.C30H38N8.C25H27BrN6.C8H10BrN.C7H8BrNO.C5H12N2.C5H10O2/c1-23-19-38(29-10-9-25(18-33)31-28(29)7-5-12-34-31)22-27-21-36(14-16-39(23)27)13-11-26-6-4-8-30(35-26)37-15-17-40(32(3)41)24(2)20-37;1-22-18-36(14-12-32-22)29-7-3-5-25(34-29)10-13-35-15-16-38-23(2)19-37(21-26(38)20-35)28-9-8-24(17-31)30-27(28)6-4-11-33-30;1-18-15-31(23-8-7-19(14-27)25-22(23)5-3-10-28-25)17-21-16-30(12-13-32(18)21)11-9-20-4-2-6-24(26)29-20;1-2-4-7-5-3-6-8(9)10-7;8-7-3-1-2-6(9-7)4-5-10;1-5-4-6-2-3-7-5;1-5(2,3)7-4-6/h4-10,12,23-24,27,41H,11,13-17,19-22H2,1-3H3;3-9,11,22-23,26,32H,10,12-16,18-21H2,1-2H3;2-8,10,18,21H,9,11-13,15-17H2,1H3;3,5-6H,2,4H2,1H3;1-3,10H,4-5H2;5-7H,2-4H2,1H3;4H,1-3H3/t23-,24+,27+;22-,23+,26-;18-,21+;;;5-;/m101..0./s1. The second-order valence-corrected chi connectivity index (χ2v) is 42.9. The van der Waals surface area contributed by atoms with Crippen LogP contribution in [0, 0.1) is 34.0 Å². The highest BCUT2D eigenvalue weighted by Gasteiger charge is 2.41. The number of halogens is 3. The first kappa shape index (κ1) is 110. The fourth-order valence-corrected chi connectivity index (χ4v) is 22.5. The summed E-state index contributed by atoms with van der Waals surface area (Å²) >= 11 is 10.0. The molecule has 0 radical (unpaired) electrons. The molecule has 145 heavy (non-hydrogen) atoms. The Morgan fingerprint density at radius 1 is 0.421 bits per heavy atom. The van der Waals surface area contributed by atoms with Crippen LogP contribution in [0.1, 0.15) is 121 Å². The molecule has 5 N–H and O–H groups in total. The van der Waals surface area contributed by atoms with Crippen molar-refractivity contribution in [2.75, 3.05) is 208 Å². The van der Waals surface area contributed by atoms with E-state index in [0.717, 1.165) is 290 Å². The molecule has 0 saturated carbocycles. The van der Waals surface area contributed by atoms with E-state index in [9.17, 15) is 25.6 Å². The van der Waals surface area contributed by atoms with Gasteiger partial charge < -0.3 is 74.8 Å². The molecule has 9 fully saturated rings. The molecule has 9 atom stereocenters. The predicted molar refractivity (Wildman–Crippen MR) is 595 cm³/mol. The average molecular weight is 2160 g/mol. The lowest BCUT2D eigenvalue weighted by Gasteiger charge is -2.51. The van der Waals surface area contributed by atoms with Gasteiger partial charge in [0, 0.05) is 344 Å². The van der Waals surface area contributed by atoms with Crippen molar-refractivity contribution in [3.63, 3.8) is 0 Å². The molecule has 0 spiro atoms. The van der Waals surface area contributed by atoms with E-state index in [2.05, 4.69) is 309 Å². The van der Waals surface area contributed by atoms with Crippen LogP contribution in [-0.2, 0) is 41.6 Å². The number of hydrogen-bond donors (Lipinski definition) is 5. The van der Waals surface area contributed by atoms with Crippen LogP contribution in [0.25, 0.3) is 32.7 Å². The fourth-order valence-electron chi connectivity index (χ4n) is 21.4. The maximum absolute atomic E-state index is 10.0. The predicted octanol–water partition coefficient (Wildman–Crippen LogP) is 13.7. The molecule has 34 heteroatoms. The number of aromatic nitrogens is 8. The van der Waals surface area contributed by atoms with Crippen LogP contribution in [0.3, 0.4) is 0 Å². The minimum atomic E-state index is -0.411. The number of ether oxygens (including phenoxy) is 1. The number of benzene rings is 3. The monoisotopic (exact) mass is 2150 g/mol. The summed E-state index contributed by atoms with van der Waals surface area (Å²) in [5.41, 5.74) is 13.1. The summed E-state index contributed by atoms with van der Waals surface area (Å²) in [5.74, 6) is 2.16. The number of aryl methyl sites for hydroxylation is 1. The van der Waals surface area contributed by atoms with E-state index < -0.39 is 7.05 Å². The zero-order valence-electron chi connectivity index (χ0n) is 86.3. The molecule has 20 rings (SSSR count). The van der Waals surface area contributed by atoms with Crippen LogP contribution in [0.4, 0.5) is 28.7 Å². The van der Waals surface area contributed by atoms with Gasteiger partial charge in [0.05, 0.1) is 33.2 Å². The summed E-state index contributed by atoms with van der Waals surface area (Å²) in [6.45, 7) is 51.6. The molecular weight excluding hydrogens is 2010 g/mol. The van der Waals surface area contributed by atoms with Crippen molar-refractivity contribution < 1.29 is 19.7 Å². The molecule has 0 unspecified atom stereocenters. The highest BCUT2D eigenvalue weighted by Crippen LogP contribution is 2.37. The summed E-state index contributed by atoms with van der Waals surface area (Å²) in [6, 6.07) is 66.2. The topological polar surface area (TPSA) is 316 Å². The molecule has 11 aromatic rings. The van der Waals surface area contributed by atoms with Crippen molar-refractivity contribution in [1.29, 1.82) is 15.8 Å². The third kappa shape index (κ3) is 31.1. The quantitative estimate of drug-likeness (QED) is 0.0269. The number of carbonyl (C=O) groups is 1. The molecular formula is C111H146BBr3N26O4. The number of pyridine rings is 8. The van der Waals surface area contributed by atoms with Gasteiger partial charge >= 0.3 is 7.05 Å². The second-order valence-electron chi connectivity index (χ2n) is 40.4. The van der Waals surface area contributed by atoms with Gasteiger partial charge in [-0.1, -0.05) is 43.7 Å². The van der Waals surface area contributed by atoms with E-state index in [1.807, 2.05) is 106 Å². The van der Waals surface area contributed by atoms with E-state index >= 15 is 0 Å². The number of anilines is 5. The Morgan fingerprint density at radius 2 is 0.800 bits per heavy atom. The van der Waals surface area contributed by atoms with Crippen molar-refractivity contribution in [2.45, 2.75) is 175 Å². The van der Waals surface area contributed by atoms with Gasteiger partial charge in [0.15, 0.2) is 0 Å². The van der Waals surface area contributed by atoms with Crippen molar-refractivity contribution >= 4 is 123 Å². The highest BCUT2D eigenvalue weighted by molar-refractivity contribution is 9.11.